The largest absolute Gasteiger partial charge is 0.465 e. The number of hydrogen-bond acceptors (Lipinski definition) is 5. The number of amides is 1. The molecule has 1 aromatic rings. The van der Waals surface area contributed by atoms with Crippen LogP contribution in [-0.4, -0.2) is 43.0 Å². The first-order chi connectivity index (χ1) is 9.94. The number of nitrogen functional groups attached to an aromatic ring is 1. The summed E-state index contributed by atoms with van der Waals surface area (Å²) in [5, 5.41) is 3.05. The van der Waals surface area contributed by atoms with Gasteiger partial charge in [0.2, 0.25) is 5.91 Å². The second-order valence-corrected chi connectivity index (χ2v) is 4.67. The Labute approximate surface area is 125 Å². The normalized spacial score (nSPS) is 11.6. The molecule has 0 aromatic heterocycles. The Hall–Kier alpha value is -2.24. The molecule has 1 atom stereocenters. The van der Waals surface area contributed by atoms with Crippen LogP contribution < -0.4 is 11.1 Å². The Balaban J connectivity index is 2.91. The number of rotatable bonds is 6. The van der Waals surface area contributed by atoms with Crippen LogP contribution in [0.25, 0.3) is 0 Å². The predicted molar refractivity (Wildman–Crippen MR) is 83.2 cm³/mol. The molecule has 0 spiro atoms. The summed E-state index contributed by atoms with van der Waals surface area (Å²) in [6.45, 7) is 6.93. The van der Waals surface area contributed by atoms with E-state index in [0.717, 1.165) is 0 Å². The fraction of sp³-hybridized carbons (Fsp3) is 0.467. The molecule has 1 rings (SSSR count). The third kappa shape index (κ3) is 4.11. The predicted octanol–water partition coefficient (Wildman–Crippen LogP) is 1.72. The van der Waals surface area contributed by atoms with Gasteiger partial charge in [-0.3, -0.25) is 4.79 Å². The molecule has 0 aliphatic carbocycles. The molecule has 0 saturated carbocycles. The highest BCUT2D eigenvalue weighted by Crippen LogP contribution is 2.21. The zero-order valence-corrected chi connectivity index (χ0v) is 13.0. The van der Waals surface area contributed by atoms with Crippen LogP contribution in [0.5, 0.6) is 0 Å². The Kier molecular flexibility index (Phi) is 6.02. The standard InChI is InChI=1S/C15H23N3O3/c1-5-18(6-2)14(19)10(3)17-13-9-11(15(20)21-4)7-8-12(13)16/h7-10,17H,5-6,16H2,1-4H3. The van der Waals surface area contributed by atoms with Crippen molar-refractivity contribution in [2.24, 2.45) is 0 Å². The smallest absolute Gasteiger partial charge is 0.337 e. The van der Waals surface area contributed by atoms with Crippen LogP contribution in [-0.2, 0) is 9.53 Å². The number of carbonyl (C=O) groups is 2. The number of esters is 1. The third-order valence-corrected chi connectivity index (χ3v) is 3.29. The van der Waals surface area contributed by atoms with Crippen LogP contribution in [0.3, 0.4) is 0 Å². The molecule has 0 fully saturated rings. The molecule has 0 saturated heterocycles. The van der Waals surface area contributed by atoms with Gasteiger partial charge in [-0.15, -0.1) is 0 Å². The molecule has 1 unspecified atom stereocenters. The summed E-state index contributed by atoms with van der Waals surface area (Å²) in [5.74, 6) is -0.455. The highest BCUT2D eigenvalue weighted by Gasteiger charge is 2.19. The molecule has 0 heterocycles. The van der Waals surface area contributed by atoms with Crippen molar-refractivity contribution in [3.63, 3.8) is 0 Å². The maximum absolute atomic E-state index is 12.2. The van der Waals surface area contributed by atoms with Gasteiger partial charge in [0.05, 0.1) is 24.0 Å². The van der Waals surface area contributed by atoms with Crippen molar-refractivity contribution in [2.45, 2.75) is 26.8 Å². The number of nitrogens with two attached hydrogens (primary N) is 1. The lowest BCUT2D eigenvalue weighted by Gasteiger charge is -2.24. The monoisotopic (exact) mass is 293 g/mol. The van der Waals surface area contributed by atoms with E-state index in [1.807, 2.05) is 13.8 Å². The highest BCUT2D eigenvalue weighted by molar-refractivity contribution is 5.93. The lowest BCUT2D eigenvalue weighted by atomic mass is 10.1. The molecule has 116 valence electrons. The Morgan fingerprint density at radius 1 is 1.33 bits per heavy atom. The van der Waals surface area contributed by atoms with Crippen molar-refractivity contribution in [3.05, 3.63) is 23.8 Å². The Morgan fingerprint density at radius 3 is 2.48 bits per heavy atom. The molecule has 21 heavy (non-hydrogen) atoms. The summed E-state index contributed by atoms with van der Waals surface area (Å²) in [5.41, 5.74) is 7.29. The van der Waals surface area contributed by atoms with Crippen molar-refractivity contribution in [1.82, 2.24) is 4.90 Å². The van der Waals surface area contributed by atoms with E-state index in [4.69, 9.17) is 5.73 Å². The fourth-order valence-electron chi connectivity index (χ4n) is 2.03. The second kappa shape index (κ2) is 7.52. The number of carbonyl (C=O) groups excluding carboxylic acids is 2. The van der Waals surface area contributed by atoms with Gasteiger partial charge in [-0.2, -0.15) is 0 Å². The lowest BCUT2D eigenvalue weighted by molar-refractivity contribution is -0.131. The molecule has 6 nitrogen and oxygen atoms in total. The summed E-state index contributed by atoms with van der Waals surface area (Å²) in [6.07, 6.45) is 0. The molecular weight excluding hydrogens is 270 g/mol. The first-order valence-corrected chi connectivity index (χ1v) is 6.97. The molecule has 0 aliphatic rings. The number of hydrogen-bond donors (Lipinski definition) is 2. The summed E-state index contributed by atoms with van der Waals surface area (Å²) in [4.78, 5) is 25.5. The molecule has 0 bridgehead atoms. The zero-order valence-electron chi connectivity index (χ0n) is 13.0. The summed E-state index contributed by atoms with van der Waals surface area (Å²) in [7, 11) is 1.32. The van der Waals surface area contributed by atoms with E-state index < -0.39 is 12.0 Å². The van der Waals surface area contributed by atoms with Crippen molar-refractivity contribution in [3.8, 4) is 0 Å². The van der Waals surface area contributed by atoms with Crippen LogP contribution >= 0.6 is 0 Å². The van der Waals surface area contributed by atoms with Crippen molar-refractivity contribution < 1.29 is 14.3 Å². The average molecular weight is 293 g/mol. The molecular formula is C15H23N3O3. The van der Waals surface area contributed by atoms with E-state index >= 15 is 0 Å². The first-order valence-electron chi connectivity index (χ1n) is 6.97. The summed E-state index contributed by atoms with van der Waals surface area (Å²) >= 11 is 0. The minimum atomic E-state index is -0.444. The van der Waals surface area contributed by atoms with Gasteiger partial charge in [0.1, 0.15) is 6.04 Å². The number of anilines is 2. The quantitative estimate of drug-likeness (QED) is 0.616. The van der Waals surface area contributed by atoms with Gasteiger partial charge >= 0.3 is 5.97 Å². The molecule has 1 amide bonds. The lowest BCUT2D eigenvalue weighted by Crippen LogP contribution is -2.41. The topological polar surface area (TPSA) is 84.7 Å². The van der Waals surface area contributed by atoms with E-state index in [-0.39, 0.29) is 5.91 Å². The van der Waals surface area contributed by atoms with Gasteiger partial charge < -0.3 is 20.7 Å². The van der Waals surface area contributed by atoms with E-state index in [1.165, 1.54) is 7.11 Å². The van der Waals surface area contributed by atoms with E-state index in [0.29, 0.717) is 30.0 Å². The number of benzene rings is 1. The Bertz CT molecular complexity index is 513. The van der Waals surface area contributed by atoms with Gasteiger partial charge in [-0.25, -0.2) is 4.79 Å². The molecule has 3 N–H and O–H groups in total. The van der Waals surface area contributed by atoms with E-state index in [1.54, 1.807) is 30.0 Å². The van der Waals surface area contributed by atoms with Gasteiger partial charge in [-0.1, -0.05) is 0 Å². The van der Waals surface area contributed by atoms with Crippen LogP contribution in [0.1, 0.15) is 31.1 Å². The van der Waals surface area contributed by atoms with Crippen molar-refractivity contribution in [1.29, 1.82) is 0 Å². The molecule has 0 radical (unpaired) electrons. The number of nitrogens with zero attached hydrogens (tertiary/aromatic N) is 1. The minimum absolute atomic E-state index is 0.0112. The van der Waals surface area contributed by atoms with Gasteiger partial charge in [0.15, 0.2) is 0 Å². The third-order valence-electron chi connectivity index (χ3n) is 3.29. The number of ether oxygens (including phenoxy) is 1. The van der Waals surface area contributed by atoms with Gasteiger partial charge in [-0.05, 0) is 39.0 Å². The highest BCUT2D eigenvalue weighted by atomic mass is 16.5. The van der Waals surface area contributed by atoms with Crippen LogP contribution in [0.4, 0.5) is 11.4 Å². The summed E-state index contributed by atoms with van der Waals surface area (Å²) in [6, 6.07) is 4.36. The first kappa shape index (κ1) is 16.8. The SMILES string of the molecule is CCN(CC)C(=O)C(C)Nc1cc(C(=O)OC)ccc1N. The van der Waals surface area contributed by atoms with Crippen LogP contribution in [0.15, 0.2) is 18.2 Å². The van der Waals surface area contributed by atoms with Crippen molar-refractivity contribution in [2.75, 3.05) is 31.2 Å². The molecule has 6 heteroatoms. The average Bonchev–Trinajstić information content (AvgIpc) is 2.49. The molecule has 1 aromatic carbocycles. The van der Waals surface area contributed by atoms with Gasteiger partial charge in [0, 0.05) is 13.1 Å². The molecule has 0 aliphatic heterocycles. The number of methoxy groups -OCH3 is 1. The summed E-state index contributed by atoms with van der Waals surface area (Å²) < 4.78 is 4.67. The fourth-order valence-corrected chi connectivity index (χ4v) is 2.03. The number of likely N-dealkylation sites (N-methyl/N-ethyl adjacent to an activating group) is 1. The maximum atomic E-state index is 12.2. The number of nitrogens with one attached hydrogen (secondary N) is 1. The second-order valence-electron chi connectivity index (χ2n) is 4.67. The van der Waals surface area contributed by atoms with Gasteiger partial charge in [0.25, 0.3) is 0 Å². The maximum Gasteiger partial charge on any atom is 0.337 e. The minimum Gasteiger partial charge on any atom is -0.465 e. The van der Waals surface area contributed by atoms with Crippen molar-refractivity contribution >= 4 is 23.3 Å². The zero-order chi connectivity index (χ0) is 16.0. The van der Waals surface area contributed by atoms with Crippen LogP contribution in [0.2, 0.25) is 0 Å². The van der Waals surface area contributed by atoms with Crippen LogP contribution in [0, 0.1) is 0 Å². The van der Waals surface area contributed by atoms with E-state index in [2.05, 4.69) is 10.1 Å². The Morgan fingerprint density at radius 2 is 1.95 bits per heavy atom. The van der Waals surface area contributed by atoms with E-state index in [9.17, 15) is 9.59 Å².